The second kappa shape index (κ2) is 4.82. The van der Waals surface area contributed by atoms with Crippen LogP contribution in [0.2, 0.25) is 0 Å². The quantitative estimate of drug-likeness (QED) is 0.674. The maximum Gasteiger partial charge on any atom is 0.328 e. The van der Waals surface area contributed by atoms with Crippen molar-refractivity contribution in [2.24, 2.45) is 0 Å². The number of H-pyrrole nitrogens is 2. The first-order valence-corrected chi connectivity index (χ1v) is 6.73. The zero-order valence-electron chi connectivity index (χ0n) is 10.2. The number of aromatic nitrogens is 2. The molecule has 20 heavy (non-hydrogen) atoms. The highest BCUT2D eigenvalue weighted by atomic mass is 32.1. The largest absolute Gasteiger partial charge is 0.494 e. The molecular weight excluding hydrogens is 276 g/mol. The normalized spacial score (nSPS) is 11.4. The molecule has 6 heteroatoms. The Morgan fingerprint density at radius 3 is 2.70 bits per heavy atom. The van der Waals surface area contributed by atoms with Crippen molar-refractivity contribution >= 4 is 33.6 Å². The Balaban J connectivity index is 2.07. The topological polar surface area (TPSA) is 85.9 Å². The van der Waals surface area contributed by atoms with Gasteiger partial charge in [0.15, 0.2) is 0 Å². The van der Waals surface area contributed by atoms with Crippen LogP contribution in [-0.4, -0.2) is 15.1 Å². The maximum atomic E-state index is 11.6. The number of thiophene rings is 1. The molecule has 0 aliphatic rings. The minimum absolute atomic E-state index is 0.0277. The van der Waals surface area contributed by atoms with Gasteiger partial charge in [-0.15, -0.1) is 11.3 Å². The molecule has 0 atom stereocenters. The number of nitrogens with one attached hydrogen (secondary N) is 2. The van der Waals surface area contributed by atoms with E-state index < -0.39 is 17.1 Å². The second-order valence-electron chi connectivity index (χ2n) is 4.19. The summed E-state index contributed by atoms with van der Waals surface area (Å²) >= 11 is 1.60. The van der Waals surface area contributed by atoms with Gasteiger partial charge in [-0.3, -0.25) is 14.8 Å². The third-order valence-electron chi connectivity index (χ3n) is 2.90. The number of benzene rings is 1. The lowest BCUT2D eigenvalue weighted by Crippen LogP contribution is -2.23. The third-order valence-corrected chi connectivity index (χ3v) is 3.88. The van der Waals surface area contributed by atoms with Crippen molar-refractivity contribution in [2.75, 3.05) is 0 Å². The number of fused-ring (bicyclic) bond motifs is 1. The lowest BCUT2D eigenvalue weighted by molar-refractivity contribution is 0.447. The summed E-state index contributed by atoms with van der Waals surface area (Å²) in [6.45, 7) is 0. The van der Waals surface area contributed by atoms with Crippen molar-refractivity contribution in [2.45, 2.75) is 0 Å². The van der Waals surface area contributed by atoms with Crippen molar-refractivity contribution in [1.29, 1.82) is 0 Å². The van der Waals surface area contributed by atoms with E-state index in [0.29, 0.717) is 0 Å². The highest BCUT2D eigenvalue weighted by Crippen LogP contribution is 2.27. The molecular formula is C14H10N2O3S. The van der Waals surface area contributed by atoms with Gasteiger partial charge in [0.05, 0.1) is 5.56 Å². The minimum atomic E-state index is -0.731. The van der Waals surface area contributed by atoms with Gasteiger partial charge in [0.1, 0.15) is 0 Å². The predicted molar refractivity (Wildman–Crippen MR) is 80.1 cm³/mol. The van der Waals surface area contributed by atoms with E-state index in [2.05, 4.69) is 9.97 Å². The second-order valence-corrected chi connectivity index (χ2v) is 5.10. The Bertz CT molecular complexity index is 918. The van der Waals surface area contributed by atoms with E-state index in [0.717, 1.165) is 15.6 Å². The summed E-state index contributed by atoms with van der Waals surface area (Å²) in [5, 5.41) is 12.6. The van der Waals surface area contributed by atoms with Gasteiger partial charge in [0.25, 0.3) is 5.56 Å². The molecule has 0 fully saturated rings. The van der Waals surface area contributed by atoms with E-state index in [4.69, 9.17) is 0 Å². The van der Waals surface area contributed by atoms with Gasteiger partial charge in [-0.1, -0.05) is 24.3 Å². The van der Waals surface area contributed by atoms with E-state index >= 15 is 0 Å². The monoisotopic (exact) mass is 286 g/mol. The molecule has 0 bridgehead atoms. The lowest BCUT2D eigenvalue weighted by Gasteiger charge is -1.96. The molecule has 1 aromatic carbocycles. The zero-order valence-corrected chi connectivity index (χ0v) is 11.0. The molecule has 3 N–H and O–H groups in total. The summed E-state index contributed by atoms with van der Waals surface area (Å²) in [4.78, 5) is 26.8. The molecule has 0 aliphatic carbocycles. The Hall–Kier alpha value is -2.60. The van der Waals surface area contributed by atoms with Crippen molar-refractivity contribution < 1.29 is 5.11 Å². The van der Waals surface area contributed by atoms with Crippen LogP contribution in [0.4, 0.5) is 0 Å². The van der Waals surface area contributed by atoms with Gasteiger partial charge in [0, 0.05) is 4.70 Å². The number of hydrogen-bond donors (Lipinski definition) is 3. The molecule has 0 radical (unpaired) electrons. The fraction of sp³-hybridized carbons (Fsp3) is 0. The fourth-order valence-electron chi connectivity index (χ4n) is 1.94. The number of aromatic hydroxyl groups is 1. The van der Waals surface area contributed by atoms with Crippen LogP contribution in [0.3, 0.4) is 0 Å². The third kappa shape index (κ3) is 2.17. The maximum absolute atomic E-state index is 11.6. The predicted octanol–water partition coefficient (Wildman–Crippen LogP) is 2.15. The molecule has 3 aromatic rings. The molecule has 3 rings (SSSR count). The average Bonchev–Trinajstić information content (AvgIpc) is 2.81. The number of aromatic amines is 2. The van der Waals surface area contributed by atoms with Crippen molar-refractivity contribution in [3.05, 3.63) is 61.6 Å². The molecule has 0 unspecified atom stereocenters. The number of hydrogen-bond acceptors (Lipinski definition) is 4. The molecule has 0 saturated heterocycles. The van der Waals surface area contributed by atoms with Gasteiger partial charge in [0.2, 0.25) is 5.88 Å². The van der Waals surface area contributed by atoms with Crippen molar-refractivity contribution in [3.63, 3.8) is 0 Å². The van der Waals surface area contributed by atoms with Crippen LogP contribution in [-0.2, 0) is 0 Å². The molecule has 0 amide bonds. The van der Waals surface area contributed by atoms with Crippen LogP contribution < -0.4 is 11.2 Å². The highest BCUT2D eigenvalue weighted by Gasteiger charge is 2.05. The van der Waals surface area contributed by atoms with Crippen molar-refractivity contribution in [1.82, 2.24) is 9.97 Å². The van der Waals surface area contributed by atoms with Crippen LogP contribution in [0.5, 0.6) is 5.88 Å². The van der Waals surface area contributed by atoms with Crippen LogP contribution in [0, 0.1) is 0 Å². The summed E-state index contributed by atoms with van der Waals surface area (Å²) in [6.07, 6.45) is 3.22. The summed E-state index contributed by atoms with van der Waals surface area (Å²) in [6, 6.07) is 7.91. The van der Waals surface area contributed by atoms with E-state index in [1.807, 2.05) is 29.6 Å². The Morgan fingerprint density at radius 2 is 1.90 bits per heavy atom. The van der Waals surface area contributed by atoms with E-state index in [-0.39, 0.29) is 5.56 Å². The minimum Gasteiger partial charge on any atom is -0.494 e. The van der Waals surface area contributed by atoms with Crippen LogP contribution in [0.1, 0.15) is 11.1 Å². The Morgan fingerprint density at radius 1 is 1.10 bits per heavy atom. The molecule has 100 valence electrons. The lowest BCUT2D eigenvalue weighted by atomic mass is 10.1. The van der Waals surface area contributed by atoms with Crippen LogP contribution in [0.25, 0.3) is 22.2 Å². The van der Waals surface area contributed by atoms with E-state index in [9.17, 15) is 14.7 Å². The molecule has 5 nitrogen and oxygen atoms in total. The summed E-state index contributed by atoms with van der Waals surface area (Å²) in [5.74, 6) is -0.436. The summed E-state index contributed by atoms with van der Waals surface area (Å²) in [7, 11) is 0. The van der Waals surface area contributed by atoms with Crippen LogP contribution in [0.15, 0.2) is 39.2 Å². The Kier molecular flexibility index (Phi) is 3.00. The first-order valence-electron chi connectivity index (χ1n) is 5.85. The summed E-state index contributed by atoms with van der Waals surface area (Å²) in [5.41, 5.74) is -0.372. The summed E-state index contributed by atoms with van der Waals surface area (Å²) < 4.78 is 1.15. The molecule has 0 saturated carbocycles. The SMILES string of the molecule is O=c1[nH]c(O)c(/C=C/c2csc3ccccc23)c(=O)[nH]1. The average molecular weight is 286 g/mol. The van der Waals surface area contributed by atoms with E-state index in [1.165, 1.54) is 6.08 Å². The first kappa shape index (κ1) is 12.4. The molecule has 0 spiro atoms. The Labute approximate surface area is 116 Å². The molecule has 2 heterocycles. The van der Waals surface area contributed by atoms with E-state index in [1.54, 1.807) is 17.4 Å². The highest BCUT2D eigenvalue weighted by molar-refractivity contribution is 7.17. The van der Waals surface area contributed by atoms with Gasteiger partial charge < -0.3 is 5.11 Å². The fourth-order valence-corrected chi connectivity index (χ4v) is 2.87. The number of rotatable bonds is 2. The van der Waals surface area contributed by atoms with Crippen molar-refractivity contribution in [3.8, 4) is 5.88 Å². The first-order chi connectivity index (χ1) is 9.65. The van der Waals surface area contributed by atoms with Gasteiger partial charge in [-0.25, -0.2) is 4.79 Å². The van der Waals surface area contributed by atoms with Gasteiger partial charge >= 0.3 is 5.69 Å². The molecule has 2 aromatic heterocycles. The molecule has 0 aliphatic heterocycles. The smallest absolute Gasteiger partial charge is 0.328 e. The van der Waals surface area contributed by atoms with Crippen LogP contribution >= 0.6 is 11.3 Å². The van der Waals surface area contributed by atoms with Gasteiger partial charge in [-0.05, 0) is 28.5 Å². The zero-order chi connectivity index (χ0) is 14.1. The van der Waals surface area contributed by atoms with Gasteiger partial charge in [-0.2, -0.15) is 0 Å². The standard InChI is InChI=1S/C14H10N2O3S/c17-12-10(13(18)16-14(19)15-12)6-5-8-7-20-11-4-2-1-3-9(8)11/h1-7H,(H3,15,16,17,18,19)/b6-5+.